The Kier molecular flexibility index (Phi) is 3.84. The van der Waals surface area contributed by atoms with Crippen LogP contribution in [0.2, 0.25) is 5.02 Å². The molecule has 0 atom stereocenters. The van der Waals surface area contributed by atoms with Crippen LogP contribution in [0.15, 0.2) is 45.5 Å². The van der Waals surface area contributed by atoms with Crippen molar-refractivity contribution in [2.45, 2.75) is 0 Å². The Bertz CT molecular complexity index is 519. The van der Waals surface area contributed by atoms with Gasteiger partial charge in [-0.15, -0.1) is 0 Å². The molecule has 0 aliphatic carbocycles. The van der Waals surface area contributed by atoms with Gasteiger partial charge in [-0.2, -0.15) is 0 Å². The minimum atomic E-state index is 0.519. The van der Waals surface area contributed by atoms with Gasteiger partial charge in [0.25, 0.3) is 0 Å². The largest absolute Gasteiger partial charge is 0.437 e. The molecule has 0 unspecified atom stereocenters. The quantitative estimate of drug-likeness (QED) is 0.745. The summed E-state index contributed by atoms with van der Waals surface area (Å²) < 4.78 is 7.22. The third-order valence-electron chi connectivity index (χ3n) is 1.83. The Balaban J connectivity index is 2.31. The number of rotatable bonds is 2. The lowest BCUT2D eigenvalue weighted by atomic mass is 10.3. The summed E-state index contributed by atoms with van der Waals surface area (Å²) in [6.07, 6.45) is 1.67. The Hall–Kier alpha value is -0.580. The first-order valence-corrected chi connectivity index (χ1v) is 6.36. The molecule has 0 aliphatic heterocycles. The SMILES string of the molecule is Clc1ccc(Oc2ncccc2Br)c(Br)c1. The standard InChI is InChI=1S/C11H6Br2ClNO/c12-8-2-1-5-15-11(8)16-10-4-3-7(14)6-9(10)13/h1-6H. The van der Waals surface area contributed by atoms with Crippen molar-refractivity contribution in [1.29, 1.82) is 0 Å². The van der Waals surface area contributed by atoms with Crippen molar-refractivity contribution in [3.63, 3.8) is 0 Å². The second-order valence-electron chi connectivity index (χ2n) is 2.97. The molecule has 82 valence electrons. The fourth-order valence-electron chi connectivity index (χ4n) is 1.11. The van der Waals surface area contributed by atoms with Crippen LogP contribution in [0.3, 0.4) is 0 Å². The van der Waals surface area contributed by atoms with Crippen LogP contribution in [-0.2, 0) is 0 Å². The van der Waals surface area contributed by atoms with E-state index in [1.54, 1.807) is 24.4 Å². The monoisotopic (exact) mass is 361 g/mol. The first-order chi connectivity index (χ1) is 7.66. The van der Waals surface area contributed by atoms with Crippen molar-refractivity contribution in [2.24, 2.45) is 0 Å². The van der Waals surface area contributed by atoms with Crippen LogP contribution in [0.4, 0.5) is 0 Å². The molecule has 0 spiro atoms. The predicted molar refractivity (Wildman–Crippen MR) is 71.2 cm³/mol. The maximum absolute atomic E-state index is 5.84. The average Bonchev–Trinajstić information content (AvgIpc) is 2.25. The number of aromatic nitrogens is 1. The number of halogens is 3. The van der Waals surface area contributed by atoms with Crippen molar-refractivity contribution < 1.29 is 4.74 Å². The van der Waals surface area contributed by atoms with E-state index < -0.39 is 0 Å². The highest BCUT2D eigenvalue weighted by molar-refractivity contribution is 9.11. The van der Waals surface area contributed by atoms with Crippen LogP contribution in [-0.4, -0.2) is 4.98 Å². The van der Waals surface area contributed by atoms with Crippen molar-refractivity contribution in [2.75, 3.05) is 0 Å². The zero-order valence-electron chi connectivity index (χ0n) is 7.95. The van der Waals surface area contributed by atoms with Gasteiger partial charge in [0.15, 0.2) is 0 Å². The molecule has 1 heterocycles. The number of benzene rings is 1. The maximum atomic E-state index is 5.84. The van der Waals surface area contributed by atoms with Crippen LogP contribution in [0.25, 0.3) is 0 Å². The van der Waals surface area contributed by atoms with Crippen molar-refractivity contribution in [1.82, 2.24) is 4.98 Å². The molecule has 5 heteroatoms. The van der Waals surface area contributed by atoms with E-state index in [-0.39, 0.29) is 0 Å². The molecule has 0 radical (unpaired) electrons. The molecule has 0 bridgehead atoms. The molecule has 0 N–H and O–H groups in total. The summed E-state index contributed by atoms with van der Waals surface area (Å²) >= 11 is 12.6. The van der Waals surface area contributed by atoms with Crippen molar-refractivity contribution in [3.8, 4) is 11.6 Å². The molecule has 0 fully saturated rings. The molecular weight excluding hydrogens is 357 g/mol. The van der Waals surface area contributed by atoms with E-state index in [9.17, 15) is 0 Å². The normalized spacial score (nSPS) is 10.2. The van der Waals surface area contributed by atoms with Crippen LogP contribution in [0, 0.1) is 0 Å². The van der Waals surface area contributed by atoms with Gasteiger partial charge in [0.2, 0.25) is 5.88 Å². The summed E-state index contributed by atoms with van der Waals surface area (Å²) in [5.74, 6) is 1.19. The van der Waals surface area contributed by atoms with Gasteiger partial charge >= 0.3 is 0 Å². The van der Waals surface area contributed by atoms with E-state index in [0.717, 1.165) is 8.95 Å². The molecule has 1 aromatic heterocycles. The van der Waals surface area contributed by atoms with Gasteiger partial charge in [0.05, 0.1) is 8.95 Å². The summed E-state index contributed by atoms with van der Waals surface area (Å²) in [4.78, 5) is 4.11. The number of hydrogen-bond donors (Lipinski definition) is 0. The summed E-state index contributed by atoms with van der Waals surface area (Å²) in [5, 5.41) is 0.652. The topological polar surface area (TPSA) is 22.1 Å². The third kappa shape index (κ3) is 2.75. The van der Waals surface area contributed by atoms with Gasteiger partial charge < -0.3 is 4.74 Å². The van der Waals surface area contributed by atoms with Crippen molar-refractivity contribution >= 4 is 43.5 Å². The van der Waals surface area contributed by atoms with Gasteiger partial charge in [0, 0.05) is 11.2 Å². The minimum absolute atomic E-state index is 0.519. The second-order valence-corrected chi connectivity index (χ2v) is 5.11. The lowest BCUT2D eigenvalue weighted by Crippen LogP contribution is -1.89. The summed E-state index contributed by atoms with van der Waals surface area (Å²) in [7, 11) is 0. The van der Waals surface area contributed by atoms with Crippen LogP contribution >= 0.6 is 43.5 Å². The third-order valence-corrected chi connectivity index (χ3v) is 3.28. The molecule has 16 heavy (non-hydrogen) atoms. The van der Waals surface area contributed by atoms with Gasteiger partial charge in [-0.05, 0) is 62.2 Å². The molecule has 0 aliphatic rings. The number of hydrogen-bond acceptors (Lipinski definition) is 2. The number of pyridine rings is 1. The first-order valence-electron chi connectivity index (χ1n) is 4.40. The molecule has 2 rings (SSSR count). The van der Waals surface area contributed by atoms with Crippen LogP contribution in [0.1, 0.15) is 0 Å². The highest BCUT2D eigenvalue weighted by Gasteiger charge is 2.06. The van der Waals surface area contributed by atoms with E-state index in [4.69, 9.17) is 16.3 Å². The Labute approximate surface area is 115 Å². The second kappa shape index (κ2) is 5.17. The summed E-state index contributed by atoms with van der Waals surface area (Å²) in [6, 6.07) is 9.01. The molecular formula is C11H6Br2ClNO. The highest BCUT2D eigenvalue weighted by Crippen LogP contribution is 2.33. The number of ether oxygens (including phenoxy) is 1. The van der Waals surface area contributed by atoms with Crippen molar-refractivity contribution in [3.05, 3.63) is 50.5 Å². The van der Waals surface area contributed by atoms with Gasteiger partial charge in [-0.3, -0.25) is 0 Å². The Morgan fingerprint density at radius 2 is 1.94 bits per heavy atom. The van der Waals surface area contributed by atoms with Crippen LogP contribution < -0.4 is 4.74 Å². The fourth-order valence-corrected chi connectivity index (χ4v) is 2.21. The van der Waals surface area contributed by atoms with Gasteiger partial charge in [0.1, 0.15) is 5.75 Å². The highest BCUT2D eigenvalue weighted by atomic mass is 79.9. The number of nitrogens with zero attached hydrogens (tertiary/aromatic N) is 1. The van der Waals surface area contributed by atoms with E-state index in [1.807, 2.05) is 12.1 Å². The molecule has 0 amide bonds. The Morgan fingerprint density at radius 1 is 1.12 bits per heavy atom. The smallest absolute Gasteiger partial charge is 0.233 e. The van der Waals surface area contributed by atoms with E-state index in [2.05, 4.69) is 36.8 Å². The van der Waals surface area contributed by atoms with E-state index in [0.29, 0.717) is 16.7 Å². The van der Waals surface area contributed by atoms with E-state index >= 15 is 0 Å². The lowest BCUT2D eigenvalue weighted by Gasteiger charge is -2.07. The van der Waals surface area contributed by atoms with Crippen LogP contribution in [0.5, 0.6) is 11.6 Å². The fraction of sp³-hybridized carbons (Fsp3) is 0. The maximum Gasteiger partial charge on any atom is 0.233 e. The van der Waals surface area contributed by atoms with Gasteiger partial charge in [-0.25, -0.2) is 4.98 Å². The van der Waals surface area contributed by atoms with Gasteiger partial charge in [-0.1, -0.05) is 11.6 Å². The first kappa shape index (κ1) is 11.9. The molecule has 0 saturated heterocycles. The zero-order valence-corrected chi connectivity index (χ0v) is 11.9. The molecule has 0 saturated carbocycles. The molecule has 1 aromatic carbocycles. The Morgan fingerprint density at radius 3 is 2.62 bits per heavy atom. The lowest BCUT2D eigenvalue weighted by molar-refractivity contribution is 0.457. The summed E-state index contributed by atoms with van der Waals surface area (Å²) in [5.41, 5.74) is 0. The zero-order chi connectivity index (χ0) is 11.5. The van der Waals surface area contributed by atoms with E-state index in [1.165, 1.54) is 0 Å². The average molecular weight is 363 g/mol. The predicted octanol–water partition coefficient (Wildman–Crippen LogP) is 5.05. The minimum Gasteiger partial charge on any atom is -0.437 e. The molecule has 2 nitrogen and oxygen atoms in total. The molecule has 2 aromatic rings. The summed E-state index contributed by atoms with van der Waals surface area (Å²) in [6.45, 7) is 0.